The Morgan fingerprint density at radius 2 is 1.79 bits per heavy atom. The van der Waals surface area contributed by atoms with E-state index >= 15 is 0 Å². The minimum atomic E-state index is 0.265. The van der Waals surface area contributed by atoms with E-state index in [4.69, 9.17) is 4.42 Å². The minimum absolute atomic E-state index is 0.265. The predicted molar refractivity (Wildman–Crippen MR) is 83.2 cm³/mol. The smallest absolute Gasteiger partial charge is 0.169 e. The van der Waals surface area contributed by atoms with Crippen LogP contribution in [-0.4, -0.2) is 6.04 Å². The predicted octanol–water partition coefficient (Wildman–Crippen LogP) is 5.30. The van der Waals surface area contributed by atoms with E-state index in [9.17, 15) is 0 Å². The number of rotatable bonds is 3. The van der Waals surface area contributed by atoms with Gasteiger partial charge in [0.2, 0.25) is 0 Å². The van der Waals surface area contributed by atoms with Gasteiger partial charge in [-0.1, -0.05) is 27.7 Å². The molecule has 3 heteroatoms. The van der Waals surface area contributed by atoms with Gasteiger partial charge in [0.05, 0.1) is 6.04 Å². The third-order valence-corrected chi connectivity index (χ3v) is 4.49. The van der Waals surface area contributed by atoms with Crippen molar-refractivity contribution in [3.8, 4) is 0 Å². The molecule has 0 radical (unpaired) electrons. The van der Waals surface area contributed by atoms with Crippen LogP contribution < -0.4 is 5.32 Å². The summed E-state index contributed by atoms with van der Waals surface area (Å²) in [4.78, 5) is 0. The first-order valence-corrected chi connectivity index (χ1v) is 7.97. The quantitative estimate of drug-likeness (QED) is 0.815. The van der Waals surface area contributed by atoms with E-state index in [1.807, 2.05) is 12.1 Å². The molecule has 1 unspecified atom stereocenters. The molecule has 2 nitrogen and oxygen atoms in total. The highest BCUT2D eigenvalue weighted by atomic mass is 79.9. The Labute approximate surface area is 125 Å². The molecule has 0 aliphatic heterocycles. The average Bonchev–Trinajstić information content (AvgIpc) is 2.59. The third kappa shape index (κ3) is 4.09. The molecule has 2 rings (SSSR count). The van der Waals surface area contributed by atoms with Crippen LogP contribution >= 0.6 is 15.9 Å². The van der Waals surface area contributed by atoms with Crippen molar-refractivity contribution in [2.75, 3.05) is 0 Å². The van der Waals surface area contributed by atoms with Gasteiger partial charge in [0.1, 0.15) is 5.76 Å². The summed E-state index contributed by atoms with van der Waals surface area (Å²) in [6, 6.07) is 4.84. The molecule has 1 fully saturated rings. The van der Waals surface area contributed by atoms with Gasteiger partial charge in [-0.3, -0.25) is 0 Å². The summed E-state index contributed by atoms with van der Waals surface area (Å²) >= 11 is 3.37. The Hall–Kier alpha value is -0.280. The van der Waals surface area contributed by atoms with Gasteiger partial charge in [0.25, 0.3) is 0 Å². The summed E-state index contributed by atoms with van der Waals surface area (Å²) in [5.41, 5.74) is 0.839. The highest BCUT2D eigenvalue weighted by Gasteiger charge is 2.38. The van der Waals surface area contributed by atoms with Crippen LogP contribution in [0.15, 0.2) is 21.2 Å². The van der Waals surface area contributed by atoms with Crippen LogP contribution in [0.25, 0.3) is 0 Å². The molecule has 0 bridgehead atoms. The number of halogens is 1. The maximum absolute atomic E-state index is 5.64. The molecule has 1 saturated carbocycles. The Bertz CT molecular complexity index is 420. The van der Waals surface area contributed by atoms with Crippen molar-refractivity contribution < 1.29 is 4.42 Å². The molecule has 1 aliphatic rings. The number of hydrogen-bond acceptors (Lipinski definition) is 2. The van der Waals surface area contributed by atoms with Gasteiger partial charge in [-0.15, -0.1) is 0 Å². The van der Waals surface area contributed by atoms with Crippen molar-refractivity contribution in [1.29, 1.82) is 0 Å². The molecule has 108 valence electrons. The van der Waals surface area contributed by atoms with E-state index in [1.165, 1.54) is 19.3 Å². The first-order chi connectivity index (χ1) is 8.67. The van der Waals surface area contributed by atoms with Crippen molar-refractivity contribution in [2.45, 2.75) is 66.0 Å². The third-order valence-electron chi connectivity index (χ3n) is 4.06. The van der Waals surface area contributed by atoms with Crippen molar-refractivity contribution in [1.82, 2.24) is 5.32 Å². The van der Waals surface area contributed by atoms with Gasteiger partial charge in [0.15, 0.2) is 4.67 Å². The fraction of sp³-hybridized carbons (Fsp3) is 0.750. The van der Waals surface area contributed by atoms with Crippen LogP contribution in [-0.2, 0) is 0 Å². The van der Waals surface area contributed by atoms with Gasteiger partial charge in [-0.05, 0) is 65.1 Å². The summed E-state index contributed by atoms with van der Waals surface area (Å²) < 4.78 is 6.45. The second-order valence-electron chi connectivity index (χ2n) is 7.64. The van der Waals surface area contributed by atoms with Gasteiger partial charge in [-0.25, -0.2) is 0 Å². The summed E-state index contributed by atoms with van der Waals surface area (Å²) in [6.45, 7) is 11.7. The SMILES string of the molecule is CC(NC1CC(C)(C)CC(C)(C)C1)c1ccc(Br)o1. The molecule has 1 atom stereocenters. The van der Waals surface area contributed by atoms with Crippen LogP contribution in [0.4, 0.5) is 0 Å². The average molecular weight is 328 g/mol. The van der Waals surface area contributed by atoms with E-state index in [2.05, 4.69) is 55.9 Å². The fourth-order valence-corrected chi connectivity index (χ4v) is 4.28. The molecule has 1 aromatic rings. The molecule has 1 aromatic heterocycles. The molecule has 0 amide bonds. The molecule has 0 aromatic carbocycles. The molecule has 19 heavy (non-hydrogen) atoms. The van der Waals surface area contributed by atoms with Gasteiger partial charge < -0.3 is 9.73 Å². The van der Waals surface area contributed by atoms with Gasteiger partial charge in [0, 0.05) is 6.04 Å². The van der Waals surface area contributed by atoms with Gasteiger partial charge in [-0.2, -0.15) is 0 Å². The largest absolute Gasteiger partial charge is 0.453 e. The lowest BCUT2D eigenvalue weighted by atomic mass is 9.63. The van der Waals surface area contributed by atoms with E-state index in [0.717, 1.165) is 10.4 Å². The number of hydrogen-bond donors (Lipinski definition) is 1. The van der Waals surface area contributed by atoms with Crippen LogP contribution in [0.2, 0.25) is 0 Å². The molecule has 0 spiro atoms. The maximum atomic E-state index is 5.64. The van der Waals surface area contributed by atoms with E-state index in [0.29, 0.717) is 16.9 Å². The maximum Gasteiger partial charge on any atom is 0.169 e. The topological polar surface area (TPSA) is 25.2 Å². The van der Waals surface area contributed by atoms with Crippen molar-refractivity contribution in [3.63, 3.8) is 0 Å². The zero-order valence-corrected chi connectivity index (χ0v) is 14.3. The van der Waals surface area contributed by atoms with Crippen LogP contribution in [0.3, 0.4) is 0 Å². The minimum Gasteiger partial charge on any atom is -0.453 e. The Balaban J connectivity index is 2.02. The second-order valence-corrected chi connectivity index (χ2v) is 8.42. The highest BCUT2D eigenvalue weighted by molar-refractivity contribution is 9.10. The monoisotopic (exact) mass is 327 g/mol. The lowest BCUT2D eigenvalue weighted by Crippen LogP contribution is -2.44. The van der Waals surface area contributed by atoms with E-state index < -0.39 is 0 Å². The molecule has 1 N–H and O–H groups in total. The highest BCUT2D eigenvalue weighted by Crippen LogP contribution is 2.46. The first kappa shape index (κ1) is 15.1. The summed E-state index contributed by atoms with van der Waals surface area (Å²) in [7, 11) is 0. The standard InChI is InChI=1S/C16H26BrNO/c1-11(13-6-7-14(17)19-13)18-12-8-15(2,3)10-16(4,5)9-12/h6-7,11-12,18H,8-10H2,1-5H3. The zero-order chi connectivity index (χ0) is 14.3. The molecule has 0 saturated heterocycles. The molecular weight excluding hydrogens is 302 g/mol. The van der Waals surface area contributed by atoms with Crippen molar-refractivity contribution >= 4 is 15.9 Å². The summed E-state index contributed by atoms with van der Waals surface area (Å²) in [5, 5.41) is 3.75. The Morgan fingerprint density at radius 1 is 1.21 bits per heavy atom. The van der Waals surface area contributed by atoms with Crippen LogP contribution in [0, 0.1) is 10.8 Å². The summed E-state index contributed by atoms with van der Waals surface area (Å²) in [6.07, 6.45) is 3.78. The van der Waals surface area contributed by atoms with Crippen molar-refractivity contribution in [3.05, 3.63) is 22.6 Å². The fourth-order valence-electron chi connectivity index (χ4n) is 3.96. The lowest BCUT2D eigenvalue weighted by Gasteiger charge is -2.45. The normalized spacial score (nSPS) is 24.3. The zero-order valence-electron chi connectivity index (χ0n) is 12.7. The van der Waals surface area contributed by atoms with Crippen molar-refractivity contribution in [2.24, 2.45) is 10.8 Å². The lowest BCUT2D eigenvalue weighted by molar-refractivity contribution is 0.0798. The van der Waals surface area contributed by atoms with Gasteiger partial charge >= 0.3 is 0 Å². The summed E-state index contributed by atoms with van der Waals surface area (Å²) in [5.74, 6) is 1.01. The van der Waals surface area contributed by atoms with E-state index in [1.54, 1.807) is 0 Å². The molecule has 1 aliphatic carbocycles. The van der Waals surface area contributed by atoms with E-state index in [-0.39, 0.29) is 6.04 Å². The molecule has 1 heterocycles. The Morgan fingerprint density at radius 3 is 2.26 bits per heavy atom. The van der Waals surface area contributed by atoms with Crippen LogP contribution in [0.5, 0.6) is 0 Å². The first-order valence-electron chi connectivity index (χ1n) is 7.18. The van der Waals surface area contributed by atoms with Crippen LogP contribution in [0.1, 0.15) is 65.7 Å². The Kier molecular flexibility index (Phi) is 4.18. The second kappa shape index (κ2) is 5.25. The molecular formula is C16H26BrNO. The number of nitrogens with one attached hydrogen (secondary N) is 1. The number of furan rings is 1.